The number of carbonyl (C=O) groups excluding carboxylic acids is 4. The predicted octanol–water partition coefficient (Wildman–Crippen LogP) is 2.74. The van der Waals surface area contributed by atoms with Gasteiger partial charge in [-0.05, 0) is 58.7 Å². The van der Waals surface area contributed by atoms with Crippen molar-refractivity contribution < 1.29 is 19.2 Å². The maximum Gasteiger partial charge on any atom is 0.258 e. The molecule has 0 aliphatic carbocycles. The second-order valence-electron chi connectivity index (χ2n) is 6.73. The van der Waals surface area contributed by atoms with Gasteiger partial charge in [-0.2, -0.15) is 0 Å². The van der Waals surface area contributed by atoms with Gasteiger partial charge in [0.1, 0.15) is 0 Å². The average Bonchev–Trinajstić information content (AvgIpc) is 2.84. The Labute approximate surface area is 182 Å². The molecule has 4 rings (SSSR count). The van der Waals surface area contributed by atoms with Gasteiger partial charge in [0.15, 0.2) is 0 Å². The molecule has 0 unspecified atom stereocenters. The minimum absolute atomic E-state index is 0.206. The number of benzene rings is 2. The van der Waals surface area contributed by atoms with E-state index in [1.54, 1.807) is 49.1 Å². The van der Waals surface area contributed by atoms with Gasteiger partial charge in [-0.3, -0.25) is 39.8 Å². The molecule has 0 atom stereocenters. The summed E-state index contributed by atoms with van der Waals surface area (Å²) in [5.41, 5.74) is 3.27. The molecular formula is C24H16N4O4. The third-order valence-corrected chi connectivity index (χ3v) is 5.01. The molecule has 0 saturated heterocycles. The Bertz CT molecular complexity index is 1230. The summed E-state index contributed by atoms with van der Waals surface area (Å²) >= 11 is 0. The van der Waals surface area contributed by atoms with Gasteiger partial charge in [-0.1, -0.05) is 12.1 Å². The number of nitrogens with zero attached hydrogens (tertiary/aromatic N) is 2. The van der Waals surface area contributed by atoms with Gasteiger partial charge in [0.2, 0.25) is 12.8 Å². The van der Waals surface area contributed by atoms with Crippen LogP contribution in [0.15, 0.2) is 73.3 Å². The van der Waals surface area contributed by atoms with E-state index in [2.05, 4.69) is 20.6 Å². The van der Waals surface area contributed by atoms with Crippen LogP contribution in [-0.2, 0) is 9.59 Å². The lowest BCUT2D eigenvalue weighted by Gasteiger charge is -2.17. The zero-order chi connectivity index (χ0) is 22.5. The SMILES string of the molecule is O=CNC(=O)c1ccc(C(=O)NC=O)c2c(-c3ccncc3)ccc(-c3ccncc3)c12. The highest BCUT2D eigenvalue weighted by Crippen LogP contribution is 2.39. The number of rotatable bonds is 6. The van der Waals surface area contributed by atoms with Crippen molar-refractivity contribution >= 4 is 35.4 Å². The molecule has 32 heavy (non-hydrogen) atoms. The van der Waals surface area contributed by atoms with Crippen LogP contribution in [0, 0.1) is 0 Å². The molecule has 4 aromatic rings. The first-order valence-electron chi connectivity index (χ1n) is 9.55. The molecule has 2 heterocycles. The van der Waals surface area contributed by atoms with Crippen molar-refractivity contribution in [3.05, 3.63) is 84.4 Å². The fraction of sp³-hybridized carbons (Fsp3) is 0. The van der Waals surface area contributed by atoms with E-state index >= 15 is 0 Å². The van der Waals surface area contributed by atoms with Crippen LogP contribution in [0.2, 0.25) is 0 Å². The summed E-state index contributed by atoms with van der Waals surface area (Å²) in [6.07, 6.45) is 7.08. The molecule has 0 aliphatic heterocycles. The molecule has 4 amide bonds. The summed E-state index contributed by atoms with van der Waals surface area (Å²) in [4.78, 5) is 55.6. The first kappa shape index (κ1) is 20.5. The summed E-state index contributed by atoms with van der Waals surface area (Å²) in [6, 6.07) is 13.7. The predicted molar refractivity (Wildman–Crippen MR) is 117 cm³/mol. The van der Waals surface area contributed by atoms with E-state index in [1.807, 2.05) is 12.1 Å². The molecule has 0 aliphatic rings. The monoisotopic (exact) mass is 424 g/mol. The number of hydrogen-bond acceptors (Lipinski definition) is 6. The van der Waals surface area contributed by atoms with Crippen LogP contribution in [0.3, 0.4) is 0 Å². The highest BCUT2D eigenvalue weighted by molar-refractivity contribution is 6.23. The average molecular weight is 424 g/mol. The quantitative estimate of drug-likeness (QED) is 0.460. The molecule has 0 radical (unpaired) electrons. The summed E-state index contributed by atoms with van der Waals surface area (Å²) in [5, 5.41) is 5.26. The van der Waals surface area contributed by atoms with Crippen molar-refractivity contribution in [2.24, 2.45) is 0 Å². The third-order valence-electron chi connectivity index (χ3n) is 5.01. The fourth-order valence-corrected chi connectivity index (χ4v) is 3.68. The minimum atomic E-state index is -0.616. The van der Waals surface area contributed by atoms with Crippen molar-refractivity contribution in [1.29, 1.82) is 0 Å². The van der Waals surface area contributed by atoms with Gasteiger partial charge in [-0.25, -0.2) is 0 Å². The highest BCUT2D eigenvalue weighted by atomic mass is 16.2. The van der Waals surface area contributed by atoms with E-state index in [0.29, 0.717) is 34.7 Å². The topological polar surface area (TPSA) is 118 Å². The van der Waals surface area contributed by atoms with Gasteiger partial charge in [0.25, 0.3) is 11.8 Å². The molecule has 156 valence electrons. The number of hydrogen-bond donors (Lipinski definition) is 2. The van der Waals surface area contributed by atoms with Crippen LogP contribution >= 0.6 is 0 Å². The second-order valence-corrected chi connectivity index (χ2v) is 6.73. The largest absolute Gasteiger partial charge is 0.295 e. The molecule has 0 bridgehead atoms. The lowest BCUT2D eigenvalue weighted by atomic mass is 9.87. The van der Waals surface area contributed by atoms with Crippen LogP contribution in [-0.4, -0.2) is 34.6 Å². The number of amides is 4. The van der Waals surface area contributed by atoms with E-state index in [1.165, 1.54) is 12.1 Å². The van der Waals surface area contributed by atoms with Gasteiger partial charge in [0.05, 0.1) is 0 Å². The maximum absolute atomic E-state index is 12.8. The van der Waals surface area contributed by atoms with Crippen molar-refractivity contribution in [2.75, 3.05) is 0 Å². The van der Waals surface area contributed by atoms with Crippen molar-refractivity contribution in [3.8, 4) is 22.3 Å². The molecule has 0 fully saturated rings. The first-order chi connectivity index (χ1) is 15.7. The molecule has 2 N–H and O–H groups in total. The Morgan fingerprint density at radius 3 is 1.31 bits per heavy atom. The van der Waals surface area contributed by atoms with Crippen molar-refractivity contribution in [1.82, 2.24) is 20.6 Å². The van der Waals surface area contributed by atoms with E-state index < -0.39 is 11.8 Å². The molecule has 0 saturated carbocycles. The standard InChI is InChI=1S/C24H16N4O4/c29-13-27-23(31)19-3-4-20(24(32)28-14-30)22-18(16-7-11-26-12-8-16)2-1-17(21(19)22)15-5-9-25-10-6-15/h1-14H,(H,27,29,31)(H,28,30,32). The fourth-order valence-electron chi connectivity index (χ4n) is 3.68. The Morgan fingerprint density at radius 2 is 0.969 bits per heavy atom. The molecule has 2 aromatic carbocycles. The van der Waals surface area contributed by atoms with Gasteiger partial charge < -0.3 is 0 Å². The number of aromatic nitrogens is 2. The first-order valence-corrected chi connectivity index (χ1v) is 9.55. The number of carbonyl (C=O) groups is 4. The zero-order valence-corrected chi connectivity index (χ0v) is 16.6. The Morgan fingerprint density at radius 1 is 0.594 bits per heavy atom. The smallest absolute Gasteiger partial charge is 0.258 e. The Hall–Kier alpha value is -4.72. The van der Waals surface area contributed by atoms with Crippen molar-refractivity contribution in [2.45, 2.75) is 0 Å². The van der Waals surface area contributed by atoms with Crippen LogP contribution < -0.4 is 10.6 Å². The molecule has 2 aromatic heterocycles. The van der Waals surface area contributed by atoms with Gasteiger partial charge in [-0.15, -0.1) is 0 Å². The normalized spacial score (nSPS) is 10.4. The lowest BCUT2D eigenvalue weighted by Crippen LogP contribution is -2.24. The summed E-state index contributed by atoms with van der Waals surface area (Å²) in [5.74, 6) is -1.23. The van der Waals surface area contributed by atoms with Crippen LogP contribution in [0.25, 0.3) is 33.0 Å². The lowest BCUT2D eigenvalue weighted by molar-refractivity contribution is -0.109. The summed E-state index contributed by atoms with van der Waals surface area (Å²) in [7, 11) is 0. The number of imide groups is 2. The molecule has 8 heteroatoms. The number of nitrogens with one attached hydrogen (secondary N) is 2. The number of fused-ring (bicyclic) bond motifs is 1. The minimum Gasteiger partial charge on any atom is -0.295 e. The molecular weight excluding hydrogens is 408 g/mol. The number of pyridine rings is 2. The zero-order valence-electron chi connectivity index (χ0n) is 16.6. The maximum atomic E-state index is 12.8. The Kier molecular flexibility index (Phi) is 5.76. The van der Waals surface area contributed by atoms with E-state index in [-0.39, 0.29) is 11.1 Å². The van der Waals surface area contributed by atoms with E-state index in [0.717, 1.165) is 11.1 Å². The Balaban J connectivity index is 2.18. The van der Waals surface area contributed by atoms with E-state index in [4.69, 9.17) is 0 Å². The summed E-state index contributed by atoms with van der Waals surface area (Å²) in [6.45, 7) is 0. The molecule has 8 nitrogen and oxygen atoms in total. The van der Waals surface area contributed by atoms with Crippen LogP contribution in [0.1, 0.15) is 20.7 Å². The third kappa shape index (κ3) is 3.72. The second kappa shape index (κ2) is 8.97. The van der Waals surface area contributed by atoms with Gasteiger partial charge >= 0.3 is 0 Å². The van der Waals surface area contributed by atoms with Crippen molar-refractivity contribution in [3.63, 3.8) is 0 Å². The van der Waals surface area contributed by atoms with Crippen LogP contribution in [0.4, 0.5) is 0 Å². The summed E-state index contributed by atoms with van der Waals surface area (Å²) < 4.78 is 0. The van der Waals surface area contributed by atoms with E-state index in [9.17, 15) is 19.2 Å². The highest BCUT2D eigenvalue weighted by Gasteiger charge is 2.22. The van der Waals surface area contributed by atoms with Crippen LogP contribution in [0.5, 0.6) is 0 Å². The van der Waals surface area contributed by atoms with Gasteiger partial charge in [0, 0.05) is 46.7 Å². The molecule has 0 spiro atoms.